The molecular formula is C15H22N4O3S. The Morgan fingerprint density at radius 3 is 2.65 bits per heavy atom. The number of nitrogens with zero attached hydrogens (tertiary/aromatic N) is 2. The fourth-order valence-electron chi connectivity index (χ4n) is 2.87. The summed E-state index contributed by atoms with van der Waals surface area (Å²) in [7, 11) is -2.92. The van der Waals surface area contributed by atoms with Gasteiger partial charge in [-0.2, -0.15) is 0 Å². The summed E-state index contributed by atoms with van der Waals surface area (Å²) in [6.45, 7) is 2.72. The van der Waals surface area contributed by atoms with Crippen LogP contribution in [0.3, 0.4) is 0 Å². The monoisotopic (exact) mass is 338 g/mol. The molecule has 1 aromatic rings. The number of nitrogens with one attached hydrogen (secondary N) is 2. The molecule has 1 saturated heterocycles. The number of urea groups is 1. The number of hydrogen-bond acceptors (Lipinski definition) is 5. The molecule has 0 radical (unpaired) electrons. The van der Waals surface area contributed by atoms with E-state index in [1.165, 1.54) is 0 Å². The lowest BCUT2D eigenvalue weighted by atomic mass is 10.2. The van der Waals surface area contributed by atoms with Crippen LogP contribution in [-0.2, 0) is 9.84 Å². The first-order valence-electron chi connectivity index (χ1n) is 7.97. The first kappa shape index (κ1) is 16.0. The zero-order chi connectivity index (χ0) is 16.4. The Morgan fingerprint density at radius 1 is 1.35 bits per heavy atom. The summed E-state index contributed by atoms with van der Waals surface area (Å²) in [5, 5.41) is 5.54. The minimum absolute atomic E-state index is 0.00349. The maximum atomic E-state index is 11.7. The smallest absolute Gasteiger partial charge is 0.320 e. The van der Waals surface area contributed by atoms with Crippen LogP contribution in [0.2, 0.25) is 0 Å². The van der Waals surface area contributed by atoms with Crippen LogP contribution in [0.4, 0.5) is 16.3 Å². The number of carbonyl (C=O) groups excluding carboxylic acids is 1. The van der Waals surface area contributed by atoms with Gasteiger partial charge in [-0.1, -0.05) is 0 Å². The molecule has 2 amide bonds. The summed E-state index contributed by atoms with van der Waals surface area (Å²) in [5.41, 5.74) is 0.878. The highest BCUT2D eigenvalue weighted by atomic mass is 32.2. The lowest BCUT2D eigenvalue weighted by Gasteiger charge is -2.28. The molecule has 7 nitrogen and oxygen atoms in total. The van der Waals surface area contributed by atoms with Gasteiger partial charge in [-0.25, -0.2) is 18.2 Å². The third-order valence-corrected chi connectivity index (χ3v) is 5.97. The zero-order valence-corrected chi connectivity index (χ0v) is 14.0. The molecule has 1 unspecified atom stereocenters. The van der Waals surface area contributed by atoms with Crippen molar-refractivity contribution in [1.29, 1.82) is 0 Å². The summed E-state index contributed by atoms with van der Waals surface area (Å²) in [6.07, 6.45) is 4.41. The molecule has 0 aromatic carbocycles. The molecule has 23 heavy (non-hydrogen) atoms. The zero-order valence-electron chi connectivity index (χ0n) is 13.2. The van der Waals surface area contributed by atoms with Crippen molar-refractivity contribution in [2.45, 2.75) is 38.3 Å². The van der Waals surface area contributed by atoms with Crippen LogP contribution in [-0.4, -0.2) is 49.6 Å². The van der Waals surface area contributed by atoms with E-state index in [4.69, 9.17) is 0 Å². The van der Waals surface area contributed by atoms with E-state index >= 15 is 0 Å². The standard InChI is InChI=1S/C15H22N4O3S/c1-2-19(13-7-8-23(21,22)10-13)12-5-6-14(16-9-12)18-15(20)17-11-3-4-11/h5-6,9,11,13H,2-4,7-8,10H2,1H3,(H2,16,17,18,20). The van der Waals surface area contributed by atoms with E-state index in [1.807, 2.05) is 13.0 Å². The van der Waals surface area contributed by atoms with Crippen LogP contribution in [0.5, 0.6) is 0 Å². The van der Waals surface area contributed by atoms with Gasteiger partial charge in [0.25, 0.3) is 0 Å². The number of carbonyl (C=O) groups is 1. The Morgan fingerprint density at radius 2 is 2.13 bits per heavy atom. The third-order valence-electron chi connectivity index (χ3n) is 4.22. The van der Waals surface area contributed by atoms with Crippen molar-refractivity contribution < 1.29 is 13.2 Å². The second-order valence-corrected chi connectivity index (χ2v) is 8.35. The molecule has 0 spiro atoms. The van der Waals surface area contributed by atoms with Gasteiger partial charge in [0.1, 0.15) is 5.82 Å². The number of rotatable bonds is 5. The van der Waals surface area contributed by atoms with E-state index in [0.717, 1.165) is 25.1 Å². The van der Waals surface area contributed by atoms with Gasteiger partial charge in [0, 0.05) is 18.6 Å². The Hall–Kier alpha value is -1.83. The quantitative estimate of drug-likeness (QED) is 0.846. The molecule has 2 N–H and O–H groups in total. The minimum Gasteiger partial charge on any atom is -0.367 e. The molecule has 2 fully saturated rings. The molecule has 0 bridgehead atoms. The summed E-state index contributed by atoms with van der Waals surface area (Å²) in [6, 6.07) is 3.68. The predicted octanol–water partition coefficient (Wildman–Crippen LogP) is 1.38. The molecule has 3 rings (SSSR count). The third kappa shape index (κ3) is 4.13. The van der Waals surface area contributed by atoms with Gasteiger partial charge in [0.2, 0.25) is 0 Å². The average molecular weight is 338 g/mol. The Labute approximate surface area is 136 Å². The second kappa shape index (κ2) is 6.35. The number of amides is 2. The van der Waals surface area contributed by atoms with Gasteiger partial charge >= 0.3 is 6.03 Å². The van der Waals surface area contributed by atoms with Gasteiger partial charge < -0.3 is 10.2 Å². The average Bonchev–Trinajstić information content (AvgIpc) is 3.23. The molecule has 1 aliphatic carbocycles. The lowest BCUT2D eigenvalue weighted by Crippen LogP contribution is -2.36. The summed E-state index contributed by atoms with van der Waals surface area (Å²) in [5.74, 6) is 0.940. The summed E-state index contributed by atoms with van der Waals surface area (Å²) >= 11 is 0. The Bertz CT molecular complexity index is 670. The molecular weight excluding hydrogens is 316 g/mol. The normalized spacial score (nSPS) is 22.6. The molecule has 8 heteroatoms. The highest BCUT2D eigenvalue weighted by Gasteiger charge is 2.32. The molecule has 1 aliphatic heterocycles. The second-order valence-electron chi connectivity index (χ2n) is 6.12. The number of sulfone groups is 1. The van der Waals surface area contributed by atoms with E-state index < -0.39 is 9.84 Å². The van der Waals surface area contributed by atoms with E-state index in [9.17, 15) is 13.2 Å². The molecule has 2 heterocycles. The van der Waals surface area contributed by atoms with Gasteiger partial charge in [-0.3, -0.25) is 5.32 Å². The van der Waals surface area contributed by atoms with Crippen molar-refractivity contribution in [3.05, 3.63) is 18.3 Å². The van der Waals surface area contributed by atoms with Gasteiger partial charge in [0.05, 0.1) is 23.4 Å². The molecule has 1 saturated carbocycles. The van der Waals surface area contributed by atoms with Crippen LogP contribution < -0.4 is 15.5 Å². The predicted molar refractivity (Wildman–Crippen MR) is 89.5 cm³/mol. The summed E-state index contributed by atoms with van der Waals surface area (Å²) < 4.78 is 23.3. The molecule has 2 aliphatic rings. The highest BCUT2D eigenvalue weighted by molar-refractivity contribution is 7.91. The Kier molecular flexibility index (Phi) is 4.43. The van der Waals surface area contributed by atoms with Crippen molar-refractivity contribution in [3.8, 4) is 0 Å². The molecule has 126 valence electrons. The number of pyridine rings is 1. The lowest BCUT2D eigenvalue weighted by molar-refractivity contribution is 0.251. The first-order valence-corrected chi connectivity index (χ1v) is 9.79. The molecule has 1 atom stereocenters. The van der Waals surface area contributed by atoms with Gasteiger partial charge in [0.15, 0.2) is 9.84 Å². The van der Waals surface area contributed by atoms with Crippen molar-refractivity contribution >= 4 is 27.4 Å². The van der Waals surface area contributed by atoms with Crippen LogP contribution in [0, 0.1) is 0 Å². The van der Waals surface area contributed by atoms with E-state index in [1.54, 1.807) is 12.3 Å². The van der Waals surface area contributed by atoms with E-state index in [2.05, 4.69) is 20.5 Å². The molecule has 1 aromatic heterocycles. The van der Waals surface area contributed by atoms with Gasteiger partial charge in [-0.15, -0.1) is 0 Å². The highest BCUT2D eigenvalue weighted by Crippen LogP contribution is 2.24. The van der Waals surface area contributed by atoms with E-state index in [-0.39, 0.29) is 23.6 Å². The van der Waals surface area contributed by atoms with Crippen LogP contribution in [0.25, 0.3) is 0 Å². The maximum absolute atomic E-state index is 11.7. The van der Waals surface area contributed by atoms with Gasteiger partial charge in [-0.05, 0) is 38.3 Å². The summed E-state index contributed by atoms with van der Waals surface area (Å²) in [4.78, 5) is 18.0. The minimum atomic E-state index is -2.92. The number of aromatic nitrogens is 1. The van der Waals surface area contributed by atoms with Crippen LogP contribution >= 0.6 is 0 Å². The van der Waals surface area contributed by atoms with Crippen LogP contribution in [0.15, 0.2) is 18.3 Å². The van der Waals surface area contributed by atoms with Crippen molar-refractivity contribution in [2.24, 2.45) is 0 Å². The fraction of sp³-hybridized carbons (Fsp3) is 0.600. The van der Waals surface area contributed by atoms with Crippen molar-refractivity contribution in [3.63, 3.8) is 0 Å². The first-order chi connectivity index (χ1) is 11.0. The van der Waals surface area contributed by atoms with Crippen molar-refractivity contribution in [2.75, 3.05) is 28.3 Å². The maximum Gasteiger partial charge on any atom is 0.320 e. The van der Waals surface area contributed by atoms with Crippen molar-refractivity contribution in [1.82, 2.24) is 10.3 Å². The fourth-order valence-corrected chi connectivity index (χ4v) is 4.60. The number of anilines is 2. The van der Waals surface area contributed by atoms with Crippen LogP contribution in [0.1, 0.15) is 26.2 Å². The SMILES string of the molecule is CCN(c1ccc(NC(=O)NC2CC2)nc1)C1CCS(=O)(=O)C1. The number of hydrogen-bond donors (Lipinski definition) is 2. The Balaban J connectivity index is 1.63. The van der Waals surface area contributed by atoms with E-state index in [0.29, 0.717) is 18.3 Å². The largest absolute Gasteiger partial charge is 0.367 e. The topological polar surface area (TPSA) is 91.4 Å².